The minimum Gasteiger partial charge on any atom is -0.476 e. The smallest absolute Gasteiger partial charge is 0.356 e. The van der Waals surface area contributed by atoms with Crippen LogP contribution in [0.25, 0.3) is 0 Å². The molecule has 0 spiro atoms. The zero-order valence-corrected chi connectivity index (χ0v) is 8.51. The van der Waals surface area contributed by atoms with E-state index in [1.54, 1.807) is 0 Å². The van der Waals surface area contributed by atoms with Gasteiger partial charge in [0.05, 0.1) is 0 Å². The van der Waals surface area contributed by atoms with Gasteiger partial charge in [-0.05, 0) is 13.0 Å². The molecule has 16 heavy (non-hydrogen) atoms. The van der Waals surface area contributed by atoms with Crippen molar-refractivity contribution >= 4 is 11.9 Å². The highest BCUT2D eigenvalue weighted by atomic mass is 16.4. The maximum absolute atomic E-state index is 11.5. The zero-order valence-electron chi connectivity index (χ0n) is 8.51. The fourth-order valence-electron chi connectivity index (χ4n) is 1.05. The Morgan fingerprint density at radius 2 is 1.94 bits per heavy atom. The molecule has 7 heteroatoms. The zero-order chi connectivity index (χ0) is 12.0. The second-order valence-electron chi connectivity index (χ2n) is 2.96. The van der Waals surface area contributed by atoms with E-state index >= 15 is 0 Å². The summed E-state index contributed by atoms with van der Waals surface area (Å²) in [5, 5.41) is 11.3. The number of nitrogens with zero attached hydrogens (tertiary/aromatic N) is 2. The molecule has 0 bridgehead atoms. The Balaban J connectivity index is 2.78. The maximum atomic E-state index is 11.5. The number of nitrogens with one attached hydrogen (secondary N) is 1. The van der Waals surface area contributed by atoms with Gasteiger partial charge in [0.2, 0.25) is 0 Å². The highest BCUT2D eigenvalue weighted by Crippen LogP contribution is 2.01. The highest BCUT2D eigenvalue weighted by Gasteiger charge is 2.18. The number of rotatable bonds is 5. The second-order valence-corrected chi connectivity index (χ2v) is 2.96. The van der Waals surface area contributed by atoms with Crippen LogP contribution in [0.3, 0.4) is 0 Å². The molecule has 0 saturated carbocycles. The first-order valence-electron chi connectivity index (χ1n) is 4.69. The molecule has 0 radical (unpaired) electrons. The van der Waals surface area contributed by atoms with Gasteiger partial charge in [-0.15, -0.1) is 0 Å². The third-order valence-corrected chi connectivity index (χ3v) is 1.78. The van der Waals surface area contributed by atoms with E-state index < -0.39 is 11.9 Å². The van der Waals surface area contributed by atoms with Crippen molar-refractivity contribution in [2.24, 2.45) is 5.73 Å². The Bertz CT molecular complexity index is 394. The number of hydrogen-bond acceptors (Lipinski definition) is 5. The van der Waals surface area contributed by atoms with Crippen LogP contribution >= 0.6 is 0 Å². The van der Waals surface area contributed by atoms with Crippen molar-refractivity contribution in [3.63, 3.8) is 0 Å². The minimum absolute atomic E-state index is 0.188. The molecular formula is C9H12N4O3. The lowest BCUT2D eigenvalue weighted by molar-refractivity contribution is 0.0683. The monoisotopic (exact) mass is 224 g/mol. The Hall–Kier alpha value is -2.02. The van der Waals surface area contributed by atoms with Gasteiger partial charge in [0.15, 0.2) is 11.4 Å². The first-order valence-corrected chi connectivity index (χ1v) is 4.69. The fourth-order valence-corrected chi connectivity index (χ4v) is 1.05. The number of amides is 1. The number of carboxylic acid groups (broad SMARTS) is 1. The Labute approximate surface area is 91.7 Å². The Morgan fingerprint density at radius 3 is 2.50 bits per heavy atom. The summed E-state index contributed by atoms with van der Waals surface area (Å²) in [7, 11) is 0. The SMILES string of the molecule is NCCCNC(=O)c1nccnc1C(=O)O. The van der Waals surface area contributed by atoms with Crippen LogP contribution in [0, 0.1) is 0 Å². The van der Waals surface area contributed by atoms with E-state index in [0.717, 1.165) is 0 Å². The number of hydrogen-bond donors (Lipinski definition) is 3. The van der Waals surface area contributed by atoms with Crippen LogP contribution in [-0.4, -0.2) is 40.0 Å². The molecule has 0 saturated heterocycles. The largest absolute Gasteiger partial charge is 0.476 e. The molecule has 0 aliphatic heterocycles. The van der Waals surface area contributed by atoms with E-state index in [-0.39, 0.29) is 11.4 Å². The maximum Gasteiger partial charge on any atom is 0.356 e. The van der Waals surface area contributed by atoms with Crippen LogP contribution in [0.15, 0.2) is 12.4 Å². The van der Waals surface area contributed by atoms with Crippen molar-refractivity contribution < 1.29 is 14.7 Å². The topological polar surface area (TPSA) is 118 Å². The summed E-state index contributed by atoms with van der Waals surface area (Å²) in [6, 6.07) is 0. The summed E-state index contributed by atoms with van der Waals surface area (Å²) in [4.78, 5) is 29.6. The van der Waals surface area contributed by atoms with Gasteiger partial charge in [-0.1, -0.05) is 0 Å². The first-order chi connectivity index (χ1) is 7.66. The van der Waals surface area contributed by atoms with Gasteiger partial charge >= 0.3 is 5.97 Å². The molecule has 86 valence electrons. The predicted octanol–water partition coefficient (Wildman–Crippen LogP) is -0.747. The summed E-state index contributed by atoms with van der Waals surface area (Å²) in [6.07, 6.45) is 3.11. The van der Waals surface area contributed by atoms with Gasteiger partial charge in [0.25, 0.3) is 5.91 Å². The van der Waals surface area contributed by atoms with Crippen LogP contribution in [-0.2, 0) is 0 Å². The van der Waals surface area contributed by atoms with Crippen molar-refractivity contribution in [1.29, 1.82) is 0 Å². The van der Waals surface area contributed by atoms with E-state index in [0.29, 0.717) is 19.5 Å². The molecule has 1 rings (SSSR count). The van der Waals surface area contributed by atoms with Crippen molar-refractivity contribution in [1.82, 2.24) is 15.3 Å². The molecule has 4 N–H and O–H groups in total. The molecule has 1 amide bonds. The quantitative estimate of drug-likeness (QED) is 0.566. The number of aromatic nitrogens is 2. The number of carbonyl (C=O) groups excluding carboxylic acids is 1. The van der Waals surface area contributed by atoms with E-state index in [4.69, 9.17) is 10.8 Å². The van der Waals surface area contributed by atoms with Crippen LogP contribution in [0.4, 0.5) is 0 Å². The van der Waals surface area contributed by atoms with Crippen LogP contribution in [0.1, 0.15) is 27.4 Å². The Kier molecular flexibility index (Phi) is 4.34. The standard InChI is InChI=1S/C9H12N4O3/c10-2-1-3-13-8(14)6-7(9(15)16)12-5-4-11-6/h4-5H,1-3,10H2,(H,13,14)(H,15,16). The van der Waals surface area contributed by atoms with Crippen molar-refractivity contribution in [2.75, 3.05) is 13.1 Å². The molecule has 7 nitrogen and oxygen atoms in total. The van der Waals surface area contributed by atoms with Gasteiger partial charge in [-0.3, -0.25) is 4.79 Å². The van der Waals surface area contributed by atoms with Gasteiger partial charge < -0.3 is 16.2 Å². The van der Waals surface area contributed by atoms with Crippen molar-refractivity contribution in [3.8, 4) is 0 Å². The van der Waals surface area contributed by atoms with Crippen LogP contribution in [0.2, 0.25) is 0 Å². The predicted molar refractivity (Wildman–Crippen MR) is 55.0 cm³/mol. The number of aromatic carboxylic acids is 1. The summed E-state index contributed by atoms with van der Waals surface area (Å²) in [5.41, 5.74) is 4.72. The number of carboxylic acids is 1. The molecule has 1 heterocycles. The minimum atomic E-state index is -1.28. The summed E-state index contributed by atoms with van der Waals surface area (Å²) >= 11 is 0. The molecule has 0 aliphatic carbocycles. The van der Waals surface area contributed by atoms with Crippen molar-refractivity contribution in [2.45, 2.75) is 6.42 Å². The van der Waals surface area contributed by atoms with Gasteiger partial charge in [0, 0.05) is 18.9 Å². The first kappa shape index (κ1) is 12.1. The van der Waals surface area contributed by atoms with Gasteiger partial charge in [-0.2, -0.15) is 0 Å². The lowest BCUT2D eigenvalue weighted by Gasteiger charge is -2.04. The molecule has 0 atom stereocenters. The molecule has 0 aliphatic rings. The molecule has 1 aromatic rings. The average molecular weight is 224 g/mol. The fraction of sp³-hybridized carbons (Fsp3) is 0.333. The average Bonchev–Trinajstić information content (AvgIpc) is 2.29. The lowest BCUT2D eigenvalue weighted by Crippen LogP contribution is -2.29. The van der Waals surface area contributed by atoms with Crippen LogP contribution < -0.4 is 11.1 Å². The van der Waals surface area contributed by atoms with E-state index in [9.17, 15) is 9.59 Å². The van der Waals surface area contributed by atoms with Crippen LogP contribution in [0.5, 0.6) is 0 Å². The van der Waals surface area contributed by atoms with E-state index in [2.05, 4.69) is 15.3 Å². The molecular weight excluding hydrogens is 212 g/mol. The highest BCUT2D eigenvalue weighted by molar-refractivity contribution is 6.01. The van der Waals surface area contributed by atoms with Gasteiger partial charge in [0.1, 0.15) is 0 Å². The van der Waals surface area contributed by atoms with E-state index in [1.807, 2.05) is 0 Å². The molecule has 0 fully saturated rings. The summed E-state index contributed by atoms with van der Waals surface area (Å²) < 4.78 is 0. The molecule has 1 aromatic heterocycles. The normalized spacial score (nSPS) is 9.81. The Morgan fingerprint density at radius 1 is 1.31 bits per heavy atom. The van der Waals surface area contributed by atoms with E-state index in [1.165, 1.54) is 12.4 Å². The third kappa shape index (κ3) is 2.99. The lowest BCUT2D eigenvalue weighted by atomic mass is 10.3. The van der Waals surface area contributed by atoms with Gasteiger partial charge in [-0.25, -0.2) is 14.8 Å². The second kappa shape index (κ2) is 5.76. The molecule has 0 unspecified atom stereocenters. The molecule has 0 aromatic carbocycles. The third-order valence-electron chi connectivity index (χ3n) is 1.78. The summed E-state index contributed by atoms with van der Waals surface area (Å²) in [5.74, 6) is -1.84. The summed E-state index contributed by atoms with van der Waals surface area (Å²) in [6.45, 7) is 0.831. The van der Waals surface area contributed by atoms with Crippen molar-refractivity contribution in [3.05, 3.63) is 23.8 Å². The number of nitrogens with two attached hydrogens (primary N) is 1. The number of carbonyl (C=O) groups is 2.